The Labute approximate surface area is 119 Å². The molecule has 0 aliphatic heterocycles. The van der Waals surface area contributed by atoms with Crippen molar-refractivity contribution in [3.63, 3.8) is 0 Å². The topological polar surface area (TPSA) is 145 Å². The van der Waals surface area contributed by atoms with E-state index < -0.39 is 30.4 Å². The molecule has 0 saturated heterocycles. The Bertz CT molecular complexity index is 472. The normalized spacial score (nSPS) is 16.6. The molecule has 0 amide bonds. The van der Waals surface area contributed by atoms with Crippen LogP contribution in [0.1, 0.15) is 5.56 Å². The summed E-state index contributed by atoms with van der Waals surface area (Å²) in [6.07, 6.45) is -8.18. The van der Waals surface area contributed by atoms with E-state index in [-0.39, 0.29) is 18.6 Å². The number of aromatic hydroxyl groups is 1. The number of aliphatic hydroxyl groups is 4. The molecular formula is C13H16O8. The summed E-state index contributed by atoms with van der Waals surface area (Å²) in [7, 11) is 0. The molecule has 0 bridgehead atoms. The van der Waals surface area contributed by atoms with Gasteiger partial charge in [-0.1, -0.05) is 12.1 Å². The molecule has 0 spiro atoms. The Morgan fingerprint density at radius 1 is 1.10 bits per heavy atom. The fourth-order valence-electron chi connectivity index (χ4n) is 1.44. The van der Waals surface area contributed by atoms with Crippen molar-refractivity contribution in [2.24, 2.45) is 0 Å². The molecule has 21 heavy (non-hydrogen) atoms. The number of ether oxygens (including phenoxy) is 1. The number of phenols is 1. The number of hydrogen-bond donors (Lipinski definition) is 5. The van der Waals surface area contributed by atoms with Crippen LogP contribution < -0.4 is 0 Å². The molecule has 1 aromatic rings. The molecule has 116 valence electrons. The van der Waals surface area contributed by atoms with E-state index in [1.54, 1.807) is 0 Å². The van der Waals surface area contributed by atoms with Crippen LogP contribution in [0.25, 0.3) is 0 Å². The molecule has 0 aromatic heterocycles. The van der Waals surface area contributed by atoms with Crippen molar-refractivity contribution >= 4 is 12.3 Å². The molecule has 4 atom stereocenters. The van der Waals surface area contributed by atoms with Crippen molar-refractivity contribution in [1.29, 1.82) is 0 Å². The lowest BCUT2D eigenvalue weighted by Gasteiger charge is -2.22. The number of rotatable bonds is 7. The number of esters is 1. The average molecular weight is 300 g/mol. The Morgan fingerprint density at radius 3 is 2.19 bits per heavy atom. The molecule has 0 aliphatic carbocycles. The van der Waals surface area contributed by atoms with Crippen LogP contribution in [0.3, 0.4) is 0 Å². The van der Waals surface area contributed by atoms with Crippen LogP contribution >= 0.6 is 0 Å². The zero-order chi connectivity index (χ0) is 16.0. The van der Waals surface area contributed by atoms with Gasteiger partial charge in [0.1, 0.15) is 30.7 Å². The Hall–Kier alpha value is -2.00. The molecule has 0 unspecified atom stereocenters. The van der Waals surface area contributed by atoms with Crippen molar-refractivity contribution in [3.05, 3.63) is 29.8 Å². The predicted octanol–water partition coefficient (Wildman–Crippen LogP) is -1.92. The first-order chi connectivity index (χ1) is 9.86. The van der Waals surface area contributed by atoms with Gasteiger partial charge in [-0.05, 0) is 17.7 Å². The van der Waals surface area contributed by atoms with Crippen LogP contribution in [0.5, 0.6) is 5.75 Å². The quantitative estimate of drug-likeness (QED) is 0.289. The number of carbonyl (C=O) groups excluding carboxylic acids is 2. The summed E-state index contributed by atoms with van der Waals surface area (Å²) in [4.78, 5) is 21.7. The highest BCUT2D eigenvalue weighted by Gasteiger charge is 2.35. The highest BCUT2D eigenvalue weighted by atomic mass is 16.5. The van der Waals surface area contributed by atoms with Crippen LogP contribution in [0.15, 0.2) is 24.3 Å². The summed E-state index contributed by atoms with van der Waals surface area (Å²) in [5.41, 5.74) is 0.524. The molecule has 0 heterocycles. The SMILES string of the molecule is O=C[C@H](O)[C@@H](O)[C@H](O)[C@H](O)C(=O)OCc1ccc(O)cc1. The standard InChI is InChI=1S/C13H16O8/c14-5-9(16)10(17)11(18)12(19)13(20)21-6-7-1-3-8(15)4-2-7/h1-5,9-12,15-19H,6H2/t9-,10+,11-,12-/m0/s1. The van der Waals surface area contributed by atoms with Gasteiger partial charge in [0.25, 0.3) is 0 Å². The van der Waals surface area contributed by atoms with E-state index in [1.807, 2.05) is 0 Å². The van der Waals surface area contributed by atoms with Gasteiger partial charge in [0.05, 0.1) is 0 Å². The number of benzene rings is 1. The number of aliphatic hydroxyl groups excluding tert-OH is 4. The van der Waals surface area contributed by atoms with Gasteiger partial charge in [0.15, 0.2) is 12.4 Å². The minimum absolute atomic E-state index is 0.0338. The number of phenolic OH excluding ortho intramolecular Hbond substituents is 1. The summed E-state index contributed by atoms with van der Waals surface area (Å²) in [6, 6.07) is 5.71. The summed E-state index contributed by atoms with van der Waals surface area (Å²) in [5, 5.41) is 46.3. The van der Waals surface area contributed by atoms with E-state index in [0.29, 0.717) is 5.56 Å². The minimum Gasteiger partial charge on any atom is -0.508 e. The summed E-state index contributed by atoms with van der Waals surface area (Å²) < 4.78 is 4.70. The maximum atomic E-state index is 11.5. The molecular weight excluding hydrogens is 284 g/mol. The lowest BCUT2D eigenvalue weighted by molar-refractivity contribution is -0.170. The van der Waals surface area contributed by atoms with Crippen LogP contribution in [0, 0.1) is 0 Å². The van der Waals surface area contributed by atoms with Gasteiger partial charge >= 0.3 is 5.97 Å². The second kappa shape index (κ2) is 7.70. The van der Waals surface area contributed by atoms with E-state index in [2.05, 4.69) is 0 Å². The third kappa shape index (κ3) is 4.80. The smallest absolute Gasteiger partial charge is 0.338 e. The highest BCUT2D eigenvalue weighted by Crippen LogP contribution is 2.12. The zero-order valence-electron chi connectivity index (χ0n) is 10.9. The molecule has 1 rings (SSSR count). The minimum atomic E-state index is -2.12. The number of hydrogen-bond acceptors (Lipinski definition) is 8. The lowest BCUT2D eigenvalue weighted by Crippen LogP contribution is -2.48. The molecule has 0 aliphatic rings. The van der Waals surface area contributed by atoms with Gasteiger partial charge < -0.3 is 35.1 Å². The third-order valence-electron chi connectivity index (χ3n) is 2.72. The van der Waals surface area contributed by atoms with Gasteiger partial charge in [-0.2, -0.15) is 0 Å². The molecule has 8 nitrogen and oxygen atoms in total. The molecule has 1 aromatic carbocycles. The van der Waals surface area contributed by atoms with Crippen LogP contribution in [0.2, 0.25) is 0 Å². The Morgan fingerprint density at radius 2 is 1.67 bits per heavy atom. The first-order valence-electron chi connectivity index (χ1n) is 5.99. The van der Waals surface area contributed by atoms with Gasteiger partial charge in [0, 0.05) is 0 Å². The molecule has 0 radical (unpaired) electrons. The molecule has 0 fully saturated rings. The fourth-order valence-corrected chi connectivity index (χ4v) is 1.44. The van der Waals surface area contributed by atoms with Crippen LogP contribution in [-0.4, -0.2) is 62.2 Å². The van der Waals surface area contributed by atoms with E-state index in [1.165, 1.54) is 24.3 Å². The maximum Gasteiger partial charge on any atom is 0.338 e. The first-order valence-corrected chi connectivity index (χ1v) is 5.99. The summed E-state index contributed by atoms with van der Waals surface area (Å²) in [5.74, 6) is -1.20. The zero-order valence-corrected chi connectivity index (χ0v) is 10.9. The number of carbonyl (C=O) groups is 2. The molecule has 5 N–H and O–H groups in total. The van der Waals surface area contributed by atoms with Gasteiger partial charge in [0.2, 0.25) is 0 Å². The van der Waals surface area contributed by atoms with Gasteiger partial charge in [-0.25, -0.2) is 4.79 Å². The van der Waals surface area contributed by atoms with Crippen LogP contribution in [0.4, 0.5) is 0 Å². The van der Waals surface area contributed by atoms with E-state index >= 15 is 0 Å². The summed E-state index contributed by atoms with van der Waals surface area (Å²) >= 11 is 0. The van der Waals surface area contributed by atoms with E-state index in [0.717, 1.165) is 0 Å². The second-order valence-electron chi connectivity index (χ2n) is 4.33. The van der Waals surface area contributed by atoms with E-state index in [4.69, 9.17) is 14.9 Å². The first kappa shape index (κ1) is 17.1. The number of aldehydes is 1. The maximum absolute atomic E-state index is 11.5. The molecule has 8 heteroatoms. The van der Waals surface area contributed by atoms with Crippen LogP contribution in [-0.2, 0) is 20.9 Å². The Balaban J connectivity index is 2.54. The molecule has 0 saturated carbocycles. The predicted molar refractivity (Wildman–Crippen MR) is 68.0 cm³/mol. The van der Waals surface area contributed by atoms with Crippen molar-refractivity contribution in [3.8, 4) is 5.75 Å². The van der Waals surface area contributed by atoms with Crippen molar-refractivity contribution < 1.29 is 39.9 Å². The lowest BCUT2D eigenvalue weighted by atomic mass is 10.0. The van der Waals surface area contributed by atoms with Crippen molar-refractivity contribution in [1.82, 2.24) is 0 Å². The van der Waals surface area contributed by atoms with E-state index in [9.17, 15) is 24.9 Å². The van der Waals surface area contributed by atoms with Crippen molar-refractivity contribution in [2.75, 3.05) is 0 Å². The highest BCUT2D eigenvalue weighted by molar-refractivity contribution is 5.75. The Kier molecular flexibility index (Phi) is 6.25. The van der Waals surface area contributed by atoms with Gasteiger partial charge in [-0.15, -0.1) is 0 Å². The summed E-state index contributed by atoms with van der Waals surface area (Å²) in [6.45, 7) is -0.227. The fraction of sp³-hybridized carbons (Fsp3) is 0.385. The second-order valence-corrected chi connectivity index (χ2v) is 4.33. The largest absolute Gasteiger partial charge is 0.508 e. The van der Waals surface area contributed by atoms with Crippen molar-refractivity contribution in [2.45, 2.75) is 31.0 Å². The average Bonchev–Trinajstić information content (AvgIpc) is 2.50. The monoisotopic (exact) mass is 300 g/mol. The van der Waals surface area contributed by atoms with Gasteiger partial charge in [-0.3, -0.25) is 0 Å². The third-order valence-corrected chi connectivity index (χ3v) is 2.72.